The van der Waals surface area contributed by atoms with Gasteiger partial charge >= 0.3 is 11.9 Å². The molecule has 2 atom stereocenters. The first kappa shape index (κ1) is 42.0. The molecule has 254 valence electrons. The van der Waals surface area contributed by atoms with E-state index in [1.807, 2.05) is 21.1 Å². The Hall–Kier alpha value is -2.03. The minimum Gasteiger partial charge on any atom is -0.756 e. The number of carbonyl (C=O) groups is 2. The predicted molar refractivity (Wildman–Crippen MR) is 176 cm³/mol. The summed E-state index contributed by atoms with van der Waals surface area (Å²) in [5, 5.41) is 0. The minimum atomic E-state index is -4.58. The van der Waals surface area contributed by atoms with Gasteiger partial charge in [-0.1, -0.05) is 94.1 Å². The lowest BCUT2D eigenvalue weighted by Gasteiger charge is -2.28. The molecule has 0 aromatic heterocycles. The molecular formula is C34H60NO8P. The van der Waals surface area contributed by atoms with Crippen LogP contribution in [0.1, 0.15) is 104 Å². The fourth-order valence-electron chi connectivity index (χ4n) is 3.90. The molecule has 0 saturated heterocycles. The van der Waals surface area contributed by atoms with Crippen LogP contribution in [-0.4, -0.2) is 70.0 Å². The smallest absolute Gasteiger partial charge is 0.306 e. The molecule has 0 saturated carbocycles. The van der Waals surface area contributed by atoms with Crippen LogP contribution in [0.3, 0.4) is 0 Å². The van der Waals surface area contributed by atoms with Gasteiger partial charge in [0.15, 0.2) is 6.10 Å². The van der Waals surface area contributed by atoms with Crippen LogP contribution >= 0.6 is 7.82 Å². The van der Waals surface area contributed by atoms with E-state index in [0.29, 0.717) is 17.4 Å². The highest BCUT2D eigenvalue weighted by Gasteiger charge is 2.21. The largest absolute Gasteiger partial charge is 0.756 e. The third-order valence-electron chi connectivity index (χ3n) is 6.42. The van der Waals surface area contributed by atoms with Crippen LogP contribution in [0.4, 0.5) is 0 Å². The predicted octanol–water partition coefficient (Wildman–Crippen LogP) is 7.38. The van der Waals surface area contributed by atoms with Crippen molar-refractivity contribution in [2.45, 2.75) is 110 Å². The highest BCUT2D eigenvalue weighted by Crippen LogP contribution is 2.38. The maximum absolute atomic E-state index is 12.3. The fraction of sp³-hybridized carbons (Fsp3) is 0.706. The van der Waals surface area contributed by atoms with E-state index in [1.165, 1.54) is 32.6 Å². The summed E-state index contributed by atoms with van der Waals surface area (Å²) in [6, 6.07) is 0. The summed E-state index contributed by atoms with van der Waals surface area (Å²) in [4.78, 5) is 35.5. The lowest BCUT2D eigenvalue weighted by atomic mass is 10.1. The summed E-state index contributed by atoms with van der Waals surface area (Å²) in [6.45, 7) is 3.03. The Kier molecular flexibility index (Phi) is 26.0. The Morgan fingerprint density at radius 3 is 1.82 bits per heavy atom. The second-order valence-corrected chi connectivity index (χ2v) is 13.3. The molecule has 2 unspecified atom stereocenters. The number of hydrogen-bond acceptors (Lipinski definition) is 8. The van der Waals surface area contributed by atoms with Crippen molar-refractivity contribution in [2.24, 2.45) is 0 Å². The van der Waals surface area contributed by atoms with Crippen LogP contribution in [0.25, 0.3) is 0 Å². The van der Waals surface area contributed by atoms with Crippen LogP contribution in [0.5, 0.6) is 0 Å². The summed E-state index contributed by atoms with van der Waals surface area (Å²) in [5.74, 6) is -1.04. The Morgan fingerprint density at radius 1 is 0.750 bits per heavy atom. The van der Waals surface area contributed by atoms with Crippen LogP contribution in [0.2, 0.25) is 0 Å². The third kappa shape index (κ3) is 31.4. The van der Waals surface area contributed by atoms with Gasteiger partial charge in [0.25, 0.3) is 7.82 Å². The SMILES string of the molecule is CC/C=C\C/C=C\C/C=C\C/C=C\CCCCCCCCCCC(=O)OC(COC(C)=O)COP(=O)([O-])OCC[N+](C)(C)C. The molecule has 0 aromatic carbocycles. The van der Waals surface area contributed by atoms with E-state index in [2.05, 4.69) is 55.5 Å². The van der Waals surface area contributed by atoms with Gasteiger partial charge in [-0.2, -0.15) is 0 Å². The first-order chi connectivity index (χ1) is 20.9. The van der Waals surface area contributed by atoms with Gasteiger partial charge in [0.1, 0.15) is 19.8 Å². The normalized spacial score (nSPS) is 14.6. The highest BCUT2D eigenvalue weighted by molar-refractivity contribution is 7.45. The molecule has 9 nitrogen and oxygen atoms in total. The quantitative estimate of drug-likeness (QED) is 0.0286. The number of nitrogens with zero attached hydrogens (tertiary/aromatic N) is 1. The highest BCUT2D eigenvalue weighted by atomic mass is 31.2. The number of likely N-dealkylation sites (N-methyl/N-ethyl adjacent to an activating group) is 1. The fourth-order valence-corrected chi connectivity index (χ4v) is 4.63. The molecule has 0 N–H and O–H groups in total. The van der Waals surface area contributed by atoms with Gasteiger partial charge in [-0.05, 0) is 44.9 Å². The molecule has 0 aromatic rings. The second kappa shape index (κ2) is 27.3. The molecule has 0 rings (SSSR count). The number of unbranched alkanes of at least 4 members (excludes halogenated alkanes) is 8. The number of allylic oxidation sites excluding steroid dienone is 8. The van der Waals surface area contributed by atoms with E-state index < -0.39 is 32.5 Å². The number of rotatable bonds is 28. The van der Waals surface area contributed by atoms with Crippen LogP contribution < -0.4 is 4.89 Å². The number of ether oxygens (including phenoxy) is 2. The van der Waals surface area contributed by atoms with E-state index >= 15 is 0 Å². The number of carbonyl (C=O) groups excluding carboxylic acids is 2. The molecule has 0 aliphatic rings. The zero-order valence-corrected chi connectivity index (χ0v) is 29.0. The van der Waals surface area contributed by atoms with Crippen molar-refractivity contribution < 1.29 is 42.1 Å². The van der Waals surface area contributed by atoms with Crippen LogP contribution in [0, 0.1) is 0 Å². The average Bonchev–Trinajstić information content (AvgIpc) is 2.94. The van der Waals surface area contributed by atoms with Crippen molar-refractivity contribution in [3.8, 4) is 0 Å². The minimum absolute atomic E-state index is 0.0370. The standard InChI is InChI=1S/C34H60NO8P/c1-6-7-8-9-10-11-12-13-14-15-16-17-18-19-20-21-22-23-24-25-26-27-34(37)43-33(30-40-32(2)36)31-42-44(38,39)41-29-28-35(3,4)5/h7-8,10-11,13-14,16-17,33H,6,9,12,15,18-31H2,1-5H3/b8-7-,11-10-,14-13-,17-16-. The number of phosphoric acid groups is 1. The number of esters is 2. The summed E-state index contributed by atoms with van der Waals surface area (Å²) in [6.07, 6.45) is 30.8. The average molecular weight is 642 g/mol. The molecule has 0 heterocycles. The van der Waals surface area contributed by atoms with Gasteiger partial charge in [-0.3, -0.25) is 14.2 Å². The van der Waals surface area contributed by atoms with Crippen molar-refractivity contribution in [2.75, 3.05) is 47.5 Å². The number of quaternary nitrogens is 1. The summed E-state index contributed by atoms with van der Waals surface area (Å²) >= 11 is 0. The topological polar surface area (TPSA) is 111 Å². The van der Waals surface area contributed by atoms with Crippen molar-refractivity contribution >= 4 is 19.8 Å². The summed E-state index contributed by atoms with van der Waals surface area (Å²) in [5.41, 5.74) is 0. The van der Waals surface area contributed by atoms with Gasteiger partial charge in [0.05, 0.1) is 27.7 Å². The molecule has 0 amide bonds. The lowest BCUT2D eigenvalue weighted by molar-refractivity contribution is -0.870. The van der Waals surface area contributed by atoms with Gasteiger partial charge in [0.2, 0.25) is 0 Å². The molecule has 44 heavy (non-hydrogen) atoms. The lowest BCUT2D eigenvalue weighted by Crippen LogP contribution is -2.37. The monoisotopic (exact) mass is 641 g/mol. The maximum atomic E-state index is 12.3. The van der Waals surface area contributed by atoms with E-state index in [1.54, 1.807) is 0 Å². The molecule has 0 bridgehead atoms. The van der Waals surface area contributed by atoms with Gasteiger partial charge in [-0.25, -0.2) is 0 Å². The Bertz CT molecular complexity index is 907. The molecule has 0 fully saturated rings. The second-order valence-electron chi connectivity index (χ2n) is 11.9. The third-order valence-corrected chi connectivity index (χ3v) is 7.39. The molecule has 0 aliphatic heterocycles. The number of hydrogen-bond donors (Lipinski definition) is 0. The van der Waals surface area contributed by atoms with Gasteiger partial charge in [-0.15, -0.1) is 0 Å². The molecule has 10 heteroatoms. The maximum Gasteiger partial charge on any atom is 0.306 e. The molecule has 0 radical (unpaired) electrons. The molecule has 0 spiro atoms. The zero-order valence-electron chi connectivity index (χ0n) is 28.1. The summed E-state index contributed by atoms with van der Waals surface area (Å²) < 4.78 is 32.5. The first-order valence-corrected chi connectivity index (χ1v) is 17.7. The Labute approximate surface area is 267 Å². The van der Waals surface area contributed by atoms with E-state index in [-0.39, 0.29) is 19.6 Å². The Morgan fingerprint density at radius 2 is 1.27 bits per heavy atom. The van der Waals surface area contributed by atoms with Crippen LogP contribution in [-0.2, 0) is 32.7 Å². The first-order valence-electron chi connectivity index (χ1n) is 16.3. The molecule has 0 aliphatic carbocycles. The number of phosphoric ester groups is 1. The van der Waals surface area contributed by atoms with Crippen molar-refractivity contribution in [1.82, 2.24) is 0 Å². The van der Waals surface area contributed by atoms with Crippen molar-refractivity contribution in [3.63, 3.8) is 0 Å². The Balaban J connectivity index is 3.94. The van der Waals surface area contributed by atoms with Crippen molar-refractivity contribution in [3.05, 3.63) is 48.6 Å². The zero-order chi connectivity index (χ0) is 32.9. The van der Waals surface area contributed by atoms with E-state index in [0.717, 1.165) is 51.4 Å². The summed E-state index contributed by atoms with van der Waals surface area (Å²) in [7, 11) is 1.14. The van der Waals surface area contributed by atoms with Gasteiger partial charge in [0, 0.05) is 13.3 Å². The van der Waals surface area contributed by atoms with Crippen molar-refractivity contribution in [1.29, 1.82) is 0 Å². The van der Waals surface area contributed by atoms with E-state index in [4.69, 9.17) is 18.5 Å². The van der Waals surface area contributed by atoms with Gasteiger partial charge < -0.3 is 27.9 Å². The van der Waals surface area contributed by atoms with E-state index in [9.17, 15) is 19.0 Å². The molecular weight excluding hydrogens is 581 g/mol. The van der Waals surface area contributed by atoms with Crippen LogP contribution in [0.15, 0.2) is 48.6 Å².